The van der Waals surface area contributed by atoms with Gasteiger partial charge in [0.15, 0.2) is 0 Å². The minimum atomic E-state index is -0.953. The van der Waals surface area contributed by atoms with Gasteiger partial charge in [0.05, 0.1) is 6.42 Å². The van der Waals surface area contributed by atoms with Crippen LogP contribution in [-0.2, 0) is 9.59 Å². The van der Waals surface area contributed by atoms with Gasteiger partial charge in [0.1, 0.15) is 0 Å². The maximum atomic E-state index is 11.7. The van der Waals surface area contributed by atoms with E-state index in [1.165, 1.54) is 0 Å². The summed E-state index contributed by atoms with van der Waals surface area (Å²) >= 11 is 1.87. The SMILES string of the molecule is CC(C)(CC(=O)O)CC(=O)NC(=O)NCC1CCSC1. The summed E-state index contributed by atoms with van der Waals surface area (Å²) in [6.45, 7) is 3.95. The van der Waals surface area contributed by atoms with Crippen LogP contribution in [0.1, 0.15) is 33.1 Å². The number of hydrogen-bond acceptors (Lipinski definition) is 4. The van der Waals surface area contributed by atoms with Crippen LogP contribution in [-0.4, -0.2) is 41.1 Å². The minimum Gasteiger partial charge on any atom is -0.481 e. The molecule has 3 amide bonds. The van der Waals surface area contributed by atoms with Crippen LogP contribution in [0.15, 0.2) is 0 Å². The summed E-state index contributed by atoms with van der Waals surface area (Å²) in [6, 6.07) is -0.502. The number of carbonyl (C=O) groups is 3. The van der Waals surface area contributed by atoms with Gasteiger partial charge in [-0.15, -0.1) is 0 Å². The van der Waals surface area contributed by atoms with Crippen molar-refractivity contribution in [3.05, 3.63) is 0 Å². The van der Waals surface area contributed by atoms with E-state index in [2.05, 4.69) is 10.6 Å². The van der Waals surface area contributed by atoms with Crippen molar-refractivity contribution in [1.29, 1.82) is 0 Å². The third-order valence-electron chi connectivity index (χ3n) is 3.10. The van der Waals surface area contributed by atoms with E-state index in [0.29, 0.717) is 12.5 Å². The summed E-state index contributed by atoms with van der Waals surface area (Å²) in [7, 11) is 0. The van der Waals surface area contributed by atoms with Gasteiger partial charge < -0.3 is 10.4 Å². The number of amides is 3. The molecule has 6 nitrogen and oxygen atoms in total. The molecule has 0 spiro atoms. The van der Waals surface area contributed by atoms with Crippen LogP contribution in [0.2, 0.25) is 0 Å². The summed E-state index contributed by atoms with van der Waals surface area (Å²) in [4.78, 5) is 33.9. The maximum absolute atomic E-state index is 11.7. The van der Waals surface area contributed by atoms with E-state index >= 15 is 0 Å². The highest BCUT2D eigenvalue weighted by molar-refractivity contribution is 7.99. The van der Waals surface area contributed by atoms with Crippen molar-refractivity contribution < 1.29 is 19.5 Å². The highest BCUT2D eigenvalue weighted by Gasteiger charge is 2.26. The zero-order valence-corrected chi connectivity index (χ0v) is 12.7. The number of carboxylic acids is 1. The second-order valence-electron chi connectivity index (χ2n) is 5.90. The number of carboxylic acid groups (broad SMARTS) is 1. The first kappa shape index (κ1) is 16.8. The molecule has 7 heteroatoms. The Balaban J connectivity index is 2.26. The van der Waals surface area contributed by atoms with Crippen molar-refractivity contribution in [2.75, 3.05) is 18.1 Å². The molecular weight excluding hydrogens is 280 g/mol. The number of thioether (sulfide) groups is 1. The molecule has 1 atom stereocenters. The molecule has 1 heterocycles. The molecule has 3 N–H and O–H groups in total. The number of urea groups is 1. The van der Waals surface area contributed by atoms with Crippen LogP contribution in [0.3, 0.4) is 0 Å². The third-order valence-corrected chi connectivity index (χ3v) is 4.33. The molecule has 1 aliphatic rings. The van der Waals surface area contributed by atoms with E-state index in [0.717, 1.165) is 17.9 Å². The Morgan fingerprint density at radius 2 is 2.00 bits per heavy atom. The molecule has 1 rings (SSSR count). The summed E-state index contributed by atoms with van der Waals surface area (Å²) in [6.07, 6.45) is 0.984. The topological polar surface area (TPSA) is 95.5 Å². The van der Waals surface area contributed by atoms with E-state index in [1.54, 1.807) is 13.8 Å². The monoisotopic (exact) mass is 302 g/mol. The predicted octanol–water partition coefficient (Wildman–Crippen LogP) is 1.46. The van der Waals surface area contributed by atoms with Gasteiger partial charge in [-0.2, -0.15) is 11.8 Å². The average Bonchev–Trinajstić information content (AvgIpc) is 2.75. The van der Waals surface area contributed by atoms with Crippen LogP contribution < -0.4 is 10.6 Å². The van der Waals surface area contributed by atoms with E-state index in [4.69, 9.17) is 5.11 Å². The number of imide groups is 1. The van der Waals surface area contributed by atoms with Gasteiger partial charge >= 0.3 is 12.0 Å². The molecule has 0 aromatic rings. The molecule has 1 unspecified atom stereocenters. The van der Waals surface area contributed by atoms with Gasteiger partial charge in [0.2, 0.25) is 5.91 Å². The molecule has 0 aliphatic carbocycles. The third kappa shape index (κ3) is 6.79. The number of hydrogen-bond donors (Lipinski definition) is 3. The van der Waals surface area contributed by atoms with Crippen LogP contribution >= 0.6 is 11.8 Å². The summed E-state index contributed by atoms with van der Waals surface area (Å²) in [5, 5.41) is 13.7. The van der Waals surface area contributed by atoms with Crippen LogP contribution in [0.25, 0.3) is 0 Å². The highest BCUT2D eigenvalue weighted by Crippen LogP contribution is 2.24. The lowest BCUT2D eigenvalue weighted by Crippen LogP contribution is -2.42. The van der Waals surface area contributed by atoms with Crippen molar-refractivity contribution in [3.63, 3.8) is 0 Å². The normalized spacial score (nSPS) is 18.6. The smallest absolute Gasteiger partial charge is 0.321 e. The first-order valence-corrected chi connectivity index (χ1v) is 7.81. The van der Waals surface area contributed by atoms with Gasteiger partial charge in [-0.05, 0) is 29.3 Å². The fourth-order valence-corrected chi connectivity index (χ4v) is 3.39. The van der Waals surface area contributed by atoms with Gasteiger partial charge in [-0.3, -0.25) is 14.9 Å². The molecule has 1 aliphatic heterocycles. The fourth-order valence-electron chi connectivity index (χ4n) is 2.10. The van der Waals surface area contributed by atoms with E-state index in [9.17, 15) is 14.4 Å². The Morgan fingerprint density at radius 3 is 2.55 bits per heavy atom. The summed E-state index contributed by atoms with van der Waals surface area (Å²) < 4.78 is 0. The second kappa shape index (κ2) is 7.52. The largest absolute Gasteiger partial charge is 0.481 e. The van der Waals surface area contributed by atoms with Crippen molar-refractivity contribution in [3.8, 4) is 0 Å². The number of rotatable bonds is 6. The van der Waals surface area contributed by atoms with E-state index in [-0.39, 0.29) is 12.8 Å². The lowest BCUT2D eigenvalue weighted by atomic mass is 9.85. The molecule has 0 aromatic carbocycles. The zero-order valence-electron chi connectivity index (χ0n) is 11.9. The molecule has 0 aromatic heterocycles. The van der Waals surface area contributed by atoms with E-state index < -0.39 is 23.3 Å². The molecule has 114 valence electrons. The van der Waals surface area contributed by atoms with Gasteiger partial charge in [-0.25, -0.2) is 4.79 Å². The lowest BCUT2D eigenvalue weighted by molar-refractivity contribution is -0.139. The van der Waals surface area contributed by atoms with Crippen molar-refractivity contribution in [1.82, 2.24) is 10.6 Å². The molecule has 0 bridgehead atoms. The number of aliphatic carboxylic acids is 1. The van der Waals surface area contributed by atoms with Gasteiger partial charge in [0.25, 0.3) is 0 Å². The molecule has 0 radical (unpaired) electrons. The minimum absolute atomic E-state index is 0.00595. The Kier molecular flexibility index (Phi) is 6.32. The van der Waals surface area contributed by atoms with Crippen molar-refractivity contribution in [2.24, 2.45) is 11.3 Å². The standard InChI is InChI=1S/C13H22N2O4S/c1-13(2,6-11(17)18)5-10(16)15-12(19)14-7-9-3-4-20-8-9/h9H,3-8H2,1-2H3,(H,17,18)(H2,14,15,16,19). The number of nitrogens with one attached hydrogen (secondary N) is 2. The van der Waals surface area contributed by atoms with Crippen molar-refractivity contribution >= 4 is 29.7 Å². The first-order valence-electron chi connectivity index (χ1n) is 6.66. The van der Waals surface area contributed by atoms with Gasteiger partial charge in [0, 0.05) is 13.0 Å². The van der Waals surface area contributed by atoms with E-state index in [1.807, 2.05) is 11.8 Å². The molecule has 1 fully saturated rings. The molecule has 20 heavy (non-hydrogen) atoms. The Hall–Kier alpha value is -1.24. The second-order valence-corrected chi connectivity index (χ2v) is 7.05. The summed E-state index contributed by atoms with van der Waals surface area (Å²) in [5.74, 6) is 1.24. The van der Waals surface area contributed by atoms with Crippen molar-refractivity contribution in [2.45, 2.75) is 33.1 Å². The summed E-state index contributed by atoms with van der Waals surface area (Å²) in [5.41, 5.74) is -0.668. The highest BCUT2D eigenvalue weighted by atomic mass is 32.2. The number of carbonyl (C=O) groups excluding carboxylic acids is 2. The maximum Gasteiger partial charge on any atom is 0.321 e. The fraction of sp³-hybridized carbons (Fsp3) is 0.769. The predicted molar refractivity (Wildman–Crippen MR) is 77.6 cm³/mol. The average molecular weight is 302 g/mol. The van der Waals surface area contributed by atoms with Crippen LogP contribution in [0.4, 0.5) is 4.79 Å². The quantitative estimate of drug-likeness (QED) is 0.690. The lowest BCUT2D eigenvalue weighted by Gasteiger charge is -2.21. The molecule has 1 saturated heterocycles. The molecule has 0 saturated carbocycles. The Bertz CT molecular complexity index is 379. The first-order chi connectivity index (χ1) is 9.28. The van der Waals surface area contributed by atoms with Crippen LogP contribution in [0.5, 0.6) is 0 Å². The Morgan fingerprint density at radius 1 is 1.30 bits per heavy atom. The zero-order chi connectivity index (χ0) is 15.2. The Labute approximate surface area is 123 Å². The molecular formula is C13H22N2O4S. The van der Waals surface area contributed by atoms with Gasteiger partial charge in [-0.1, -0.05) is 13.8 Å². The van der Waals surface area contributed by atoms with Crippen LogP contribution in [0, 0.1) is 11.3 Å².